The van der Waals surface area contributed by atoms with Crippen molar-refractivity contribution in [3.8, 4) is 22.6 Å². The molecule has 57 heavy (non-hydrogen) atoms. The Kier molecular flexibility index (Phi) is 15.8. The molecule has 0 N–H and O–H groups in total. The van der Waals surface area contributed by atoms with Gasteiger partial charge in [0.25, 0.3) is 0 Å². The molecular formula is C38H36F14O5. The summed E-state index contributed by atoms with van der Waals surface area (Å²) in [5.41, 5.74) is -0.414. The van der Waals surface area contributed by atoms with Gasteiger partial charge in [-0.2, -0.15) is 57.1 Å². The third-order valence-electron chi connectivity index (χ3n) is 8.57. The van der Waals surface area contributed by atoms with Crippen LogP contribution in [0, 0.1) is 11.6 Å². The summed E-state index contributed by atoms with van der Waals surface area (Å²) in [6.45, 7) is 1.56. The van der Waals surface area contributed by atoms with Crippen LogP contribution in [0.25, 0.3) is 11.1 Å². The first-order valence-corrected chi connectivity index (χ1v) is 17.5. The summed E-state index contributed by atoms with van der Waals surface area (Å²) in [4.78, 5) is 25.0. The topological polar surface area (TPSA) is 61.8 Å². The Hall–Kier alpha value is -4.58. The fraction of sp³-hybridized carbons (Fsp3) is 0.474. The predicted molar refractivity (Wildman–Crippen MR) is 177 cm³/mol. The summed E-state index contributed by atoms with van der Waals surface area (Å²) in [5, 5.41) is 0. The summed E-state index contributed by atoms with van der Waals surface area (Å²) in [6.07, 6.45) is -15.3. The third-order valence-corrected chi connectivity index (χ3v) is 8.57. The van der Waals surface area contributed by atoms with Crippen LogP contribution in [0.15, 0.2) is 60.7 Å². The zero-order valence-corrected chi connectivity index (χ0v) is 30.0. The zero-order valence-electron chi connectivity index (χ0n) is 30.0. The smallest absolute Gasteiger partial charge is 0.460 e. The van der Waals surface area contributed by atoms with Crippen LogP contribution >= 0.6 is 0 Å². The van der Waals surface area contributed by atoms with E-state index in [0.717, 1.165) is 49.2 Å². The van der Waals surface area contributed by atoms with Gasteiger partial charge in [-0.3, -0.25) is 0 Å². The molecule has 0 aliphatic carbocycles. The number of carbonyl (C=O) groups is 2. The molecule has 0 fully saturated rings. The number of halogens is 14. The van der Waals surface area contributed by atoms with E-state index in [1.807, 2.05) is 6.92 Å². The van der Waals surface area contributed by atoms with E-state index in [4.69, 9.17) is 14.2 Å². The second-order valence-corrected chi connectivity index (χ2v) is 12.9. The van der Waals surface area contributed by atoms with Gasteiger partial charge < -0.3 is 14.2 Å². The molecule has 5 nitrogen and oxygen atoms in total. The van der Waals surface area contributed by atoms with E-state index in [0.29, 0.717) is 6.42 Å². The quantitative estimate of drug-likeness (QED) is 0.0491. The first kappa shape index (κ1) is 46.8. The molecule has 19 heteroatoms. The summed E-state index contributed by atoms with van der Waals surface area (Å²) in [7, 11) is 0. The average Bonchev–Trinajstić information content (AvgIpc) is 3.13. The van der Waals surface area contributed by atoms with Crippen molar-refractivity contribution in [1.82, 2.24) is 0 Å². The second kappa shape index (κ2) is 19.2. The number of alkyl halides is 12. The van der Waals surface area contributed by atoms with Gasteiger partial charge in [0.1, 0.15) is 5.75 Å². The molecule has 0 aliphatic rings. The van der Waals surface area contributed by atoms with Gasteiger partial charge in [-0.05, 0) is 79.8 Å². The van der Waals surface area contributed by atoms with Crippen LogP contribution in [0.2, 0.25) is 0 Å². The minimum Gasteiger partial charge on any atom is -0.490 e. The van der Waals surface area contributed by atoms with Gasteiger partial charge in [0.05, 0.1) is 17.7 Å². The third kappa shape index (κ3) is 12.0. The van der Waals surface area contributed by atoms with Crippen molar-refractivity contribution >= 4 is 11.9 Å². The molecule has 0 spiro atoms. The van der Waals surface area contributed by atoms with Crippen molar-refractivity contribution in [3.05, 3.63) is 83.4 Å². The lowest BCUT2D eigenvalue weighted by molar-refractivity contribution is -0.396. The highest BCUT2D eigenvalue weighted by Gasteiger charge is 2.81. The fourth-order valence-electron chi connectivity index (χ4n) is 5.27. The molecule has 3 aromatic carbocycles. The summed E-state index contributed by atoms with van der Waals surface area (Å²) >= 11 is 0. The lowest BCUT2D eigenvalue weighted by Crippen LogP contribution is -2.60. The molecule has 0 heterocycles. The first-order valence-electron chi connectivity index (χ1n) is 17.5. The summed E-state index contributed by atoms with van der Waals surface area (Å²) in [6, 6.07) is 11.7. The highest BCUT2D eigenvalue weighted by atomic mass is 19.4. The van der Waals surface area contributed by atoms with Crippen molar-refractivity contribution in [2.45, 2.75) is 107 Å². The Morgan fingerprint density at radius 1 is 0.614 bits per heavy atom. The van der Waals surface area contributed by atoms with E-state index in [1.54, 1.807) is 0 Å². The maximum atomic E-state index is 14.9. The number of unbranched alkanes of at least 4 members (excludes halogenated alkanes) is 6. The standard InChI is InChI=1S/C38H36F14O5/c1-2-3-4-7-10-29(35(43,44)45)57-33(54)25-15-17-26(18-16-25)56-32(53)24-13-11-23(12-14-24)27-19-20-28(31(40)30(27)39)55-22-9-6-5-8-21-34(41,42)36(46,47)37(48,49)38(50,51)52/h11-20,29H,2-10,21-22H2,1H3. The van der Waals surface area contributed by atoms with Crippen LogP contribution < -0.4 is 9.47 Å². The summed E-state index contributed by atoms with van der Waals surface area (Å²) in [5.74, 6) is -24.9. The molecule has 1 unspecified atom stereocenters. The normalized spacial score (nSPS) is 13.3. The van der Waals surface area contributed by atoms with Gasteiger partial charge >= 0.3 is 42.1 Å². The van der Waals surface area contributed by atoms with Gasteiger partial charge in [-0.1, -0.05) is 51.2 Å². The molecule has 0 saturated heterocycles. The van der Waals surface area contributed by atoms with E-state index in [1.165, 1.54) is 24.3 Å². The van der Waals surface area contributed by atoms with E-state index in [-0.39, 0.29) is 66.7 Å². The van der Waals surface area contributed by atoms with Crippen molar-refractivity contribution in [2.75, 3.05) is 6.61 Å². The number of hydrogen-bond donors (Lipinski definition) is 0. The average molecular weight is 839 g/mol. The lowest BCUT2D eigenvalue weighted by Gasteiger charge is -2.33. The highest BCUT2D eigenvalue weighted by Crippen LogP contribution is 2.54. The first-order chi connectivity index (χ1) is 26.4. The van der Waals surface area contributed by atoms with Crippen LogP contribution in [-0.4, -0.2) is 54.8 Å². The molecule has 0 amide bonds. The molecule has 0 aromatic heterocycles. The van der Waals surface area contributed by atoms with Crippen molar-refractivity contribution in [1.29, 1.82) is 0 Å². The highest BCUT2D eigenvalue weighted by molar-refractivity contribution is 5.92. The number of hydrogen-bond acceptors (Lipinski definition) is 5. The number of esters is 2. The van der Waals surface area contributed by atoms with Crippen LogP contribution in [0.1, 0.15) is 91.8 Å². The number of ether oxygens (including phenoxy) is 3. The van der Waals surface area contributed by atoms with Crippen molar-refractivity contribution in [3.63, 3.8) is 0 Å². The molecule has 3 aromatic rings. The maximum absolute atomic E-state index is 14.9. The van der Waals surface area contributed by atoms with E-state index < -0.39 is 78.4 Å². The molecule has 1 atom stereocenters. The number of benzene rings is 3. The summed E-state index contributed by atoms with van der Waals surface area (Å²) < 4.78 is 202. The van der Waals surface area contributed by atoms with Gasteiger partial charge in [0, 0.05) is 12.0 Å². The Bertz CT molecular complexity index is 1770. The van der Waals surface area contributed by atoms with Gasteiger partial charge in [-0.25, -0.2) is 14.0 Å². The Balaban J connectivity index is 1.50. The van der Waals surface area contributed by atoms with Gasteiger partial charge in [0.15, 0.2) is 17.7 Å². The minimum absolute atomic E-state index is 0.0423. The minimum atomic E-state index is -6.96. The van der Waals surface area contributed by atoms with Crippen LogP contribution in [0.5, 0.6) is 11.5 Å². The van der Waals surface area contributed by atoms with E-state index in [9.17, 15) is 71.1 Å². The maximum Gasteiger partial charge on any atom is 0.460 e. The van der Waals surface area contributed by atoms with E-state index >= 15 is 0 Å². The van der Waals surface area contributed by atoms with Crippen LogP contribution in [-0.2, 0) is 4.74 Å². The monoisotopic (exact) mass is 838 g/mol. The zero-order chi connectivity index (χ0) is 42.8. The molecule has 3 rings (SSSR count). The molecular weight excluding hydrogens is 802 g/mol. The van der Waals surface area contributed by atoms with Gasteiger partial charge in [-0.15, -0.1) is 0 Å². The Morgan fingerprint density at radius 2 is 1.18 bits per heavy atom. The van der Waals surface area contributed by atoms with Gasteiger partial charge in [0.2, 0.25) is 5.82 Å². The molecule has 0 radical (unpaired) electrons. The largest absolute Gasteiger partial charge is 0.490 e. The molecule has 0 aliphatic heterocycles. The number of carbonyl (C=O) groups excluding carboxylic acids is 2. The molecule has 0 saturated carbocycles. The molecule has 0 bridgehead atoms. The second-order valence-electron chi connectivity index (χ2n) is 12.9. The Labute approximate surface area is 317 Å². The SMILES string of the molecule is CCCCCCC(OC(=O)c1ccc(OC(=O)c2ccc(-c3ccc(OCCCCCCC(F)(F)C(F)(F)C(F)(F)C(F)(F)F)c(F)c3F)cc2)cc1)C(F)(F)F. The predicted octanol–water partition coefficient (Wildman–Crippen LogP) is 12.7. The van der Waals surface area contributed by atoms with Crippen LogP contribution in [0.4, 0.5) is 61.5 Å². The Morgan fingerprint density at radius 3 is 1.75 bits per heavy atom. The fourth-order valence-corrected chi connectivity index (χ4v) is 5.27. The van der Waals surface area contributed by atoms with E-state index in [2.05, 4.69) is 0 Å². The number of rotatable bonds is 20. The lowest BCUT2D eigenvalue weighted by atomic mass is 9.98. The van der Waals surface area contributed by atoms with Crippen molar-refractivity contribution < 1.29 is 85.3 Å². The van der Waals surface area contributed by atoms with Crippen LogP contribution in [0.3, 0.4) is 0 Å². The molecule has 316 valence electrons. The van der Waals surface area contributed by atoms with Crippen molar-refractivity contribution in [2.24, 2.45) is 0 Å².